The average molecular weight is 433 g/mol. The third kappa shape index (κ3) is 5.54. The molecular formula is C23H19N3O6. The topological polar surface area (TPSA) is 128 Å². The zero-order valence-corrected chi connectivity index (χ0v) is 17.0. The van der Waals surface area contributed by atoms with Gasteiger partial charge in [-0.25, -0.2) is 4.79 Å². The van der Waals surface area contributed by atoms with Gasteiger partial charge in [-0.2, -0.15) is 0 Å². The summed E-state index contributed by atoms with van der Waals surface area (Å²) in [6.07, 6.45) is 0. The fourth-order valence-electron chi connectivity index (χ4n) is 2.81. The summed E-state index contributed by atoms with van der Waals surface area (Å²) in [5.41, 5.74) is 1.42. The van der Waals surface area contributed by atoms with Crippen LogP contribution in [0.15, 0.2) is 72.8 Å². The molecule has 3 rings (SSSR count). The number of nitrogens with one attached hydrogen (secondary N) is 2. The first-order valence-electron chi connectivity index (χ1n) is 9.52. The van der Waals surface area contributed by atoms with E-state index in [-0.39, 0.29) is 22.6 Å². The molecular weight excluding hydrogens is 414 g/mol. The number of carbonyl (C=O) groups excluding carboxylic acids is 3. The number of hydrogen-bond acceptors (Lipinski definition) is 6. The molecule has 0 bridgehead atoms. The van der Waals surface area contributed by atoms with Crippen molar-refractivity contribution in [1.82, 2.24) is 0 Å². The zero-order valence-electron chi connectivity index (χ0n) is 17.0. The number of non-ortho nitro benzene ring substituents is 1. The first-order chi connectivity index (χ1) is 15.3. The van der Waals surface area contributed by atoms with Gasteiger partial charge in [0, 0.05) is 17.7 Å². The standard InChI is InChI=1S/C23H19N3O6/c1-15-11-12-17(26(30)31)13-20(15)24-21(27)14-32-23(29)18-9-5-6-10-19(18)25-22(28)16-7-3-2-4-8-16/h2-13H,14H2,1H3,(H,24,27)(H,25,28). The molecule has 0 heterocycles. The highest BCUT2D eigenvalue weighted by molar-refractivity contribution is 6.08. The number of anilines is 2. The normalized spacial score (nSPS) is 10.2. The number of ether oxygens (including phenoxy) is 1. The van der Waals surface area contributed by atoms with Crippen LogP contribution in [0, 0.1) is 17.0 Å². The summed E-state index contributed by atoms with van der Waals surface area (Å²) in [7, 11) is 0. The van der Waals surface area contributed by atoms with E-state index in [0.29, 0.717) is 11.1 Å². The monoisotopic (exact) mass is 433 g/mol. The van der Waals surface area contributed by atoms with Crippen molar-refractivity contribution >= 4 is 34.8 Å². The smallest absolute Gasteiger partial charge is 0.340 e. The third-order valence-electron chi connectivity index (χ3n) is 4.47. The van der Waals surface area contributed by atoms with Gasteiger partial charge in [-0.1, -0.05) is 36.4 Å². The highest BCUT2D eigenvalue weighted by Crippen LogP contribution is 2.22. The Bertz CT molecular complexity index is 1180. The second kappa shape index (κ2) is 9.98. The highest BCUT2D eigenvalue weighted by Gasteiger charge is 2.17. The molecule has 0 spiro atoms. The van der Waals surface area contributed by atoms with Gasteiger partial charge in [-0.3, -0.25) is 19.7 Å². The second-order valence-corrected chi connectivity index (χ2v) is 6.75. The first-order valence-corrected chi connectivity index (χ1v) is 9.52. The lowest BCUT2D eigenvalue weighted by Gasteiger charge is -2.12. The Morgan fingerprint density at radius 2 is 1.59 bits per heavy atom. The van der Waals surface area contributed by atoms with Crippen molar-refractivity contribution in [2.75, 3.05) is 17.2 Å². The minimum absolute atomic E-state index is 0.0797. The third-order valence-corrected chi connectivity index (χ3v) is 4.47. The van der Waals surface area contributed by atoms with Crippen molar-refractivity contribution in [2.24, 2.45) is 0 Å². The molecule has 32 heavy (non-hydrogen) atoms. The number of nitro groups is 1. The van der Waals surface area contributed by atoms with Gasteiger partial charge >= 0.3 is 5.97 Å². The van der Waals surface area contributed by atoms with Gasteiger partial charge in [0.2, 0.25) is 0 Å². The van der Waals surface area contributed by atoms with E-state index in [1.807, 2.05) is 0 Å². The maximum atomic E-state index is 12.5. The van der Waals surface area contributed by atoms with Gasteiger partial charge in [-0.15, -0.1) is 0 Å². The number of nitrogens with zero attached hydrogens (tertiary/aromatic N) is 1. The number of esters is 1. The minimum atomic E-state index is -0.806. The molecule has 0 aliphatic heterocycles. The summed E-state index contributed by atoms with van der Waals surface area (Å²) >= 11 is 0. The van der Waals surface area contributed by atoms with Crippen molar-refractivity contribution in [2.45, 2.75) is 6.92 Å². The molecule has 0 radical (unpaired) electrons. The number of rotatable bonds is 7. The number of carbonyl (C=O) groups is 3. The Morgan fingerprint density at radius 3 is 2.31 bits per heavy atom. The van der Waals surface area contributed by atoms with Crippen molar-refractivity contribution in [1.29, 1.82) is 0 Å². The molecule has 3 aromatic carbocycles. The van der Waals surface area contributed by atoms with Crippen LogP contribution in [-0.4, -0.2) is 29.3 Å². The minimum Gasteiger partial charge on any atom is -0.452 e. The zero-order chi connectivity index (χ0) is 23.1. The van der Waals surface area contributed by atoms with E-state index in [1.165, 1.54) is 24.3 Å². The predicted octanol–water partition coefficient (Wildman–Crippen LogP) is 3.95. The van der Waals surface area contributed by atoms with E-state index in [2.05, 4.69) is 10.6 Å². The van der Waals surface area contributed by atoms with Crippen LogP contribution in [0.2, 0.25) is 0 Å². The lowest BCUT2D eigenvalue weighted by Crippen LogP contribution is -2.22. The summed E-state index contributed by atoms with van der Waals surface area (Å²) in [6, 6.07) is 18.8. The Kier molecular flexibility index (Phi) is 6.92. The van der Waals surface area contributed by atoms with Crippen molar-refractivity contribution in [3.8, 4) is 0 Å². The number of aryl methyl sites for hydroxylation is 1. The Balaban J connectivity index is 1.64. The largest absolute Gasteiger partial charge is 0.452 e. The van der Waals surface area contributed by atoms with Gasteiger partial charge in [0.1, 0.15) is 0 Å². The lowest BCUT2D eigenvalue weighted by atomic mass is 10.1. The van der Waals surface area contributed by atoms with Crippen LogP contribution in [-0.2, 0) is 9.53 Å². The summed E-state index contributed by atoms with van der Waals surface area (Å²) < 4.78 is 5.07. The molecule has 2 amide bonds. The van der Waals surface area contributed by atoms with Crippen LogP contribution in [0.25, 0.3) is 0 Å². The SMILES string of the molecule is Cc1ccc([N+](=O)[O-])cc1NC(=O)COC(=O)c1ccccc1NC(=O)c1ccccc1. The molecule has 0 saturated heterocycles. The predicted molar refractivity (Wildman–Crippen MR) is 118 cm³/mol. The van der Waals surface area contributed by atoms with Gasteiger partial charge in [0.15, 0.2) is 6.61 Å². The average Bonchev–Trinajstić information content (AvgIpc) is 2.79. The molecule has 0 atom stereocenters. The molecule has 0 aliphatic rings. The summed E-state index contributed by atoms with van der Waals surface area (Å²) in [5, 5.41) is 16.1. The quantitative estimate of drug-likeness (QED) is 0.330. The fourth-order valence-corrected chi connectivity index (χ4v) is 2.81. The molecule has 9 nitrogen and oxygen atoms in total. The van der Waals surface area contributed by atoms with E-state index >= 15 is 0 Å². The van der Waals surface area contributed by atoms with Gasteiger partial charge in [0.05, 0.1) is 21.9 Å². The van der Waals surface area contributed by atoms with Crippen LogP contribution in [0.1, 0.15) is 26.3 Å². The molecule has 3 aromatic rings. The van der Waals surface area contributed by atoms with Crippen LogP contribution >= 0.6 is 0 Å². The van der Waals surface area contributed by atoms with Crippen molar-refractivity contribution in [3.05, 3.63) is 99.6 Å². The second-order valence-electron chi connectivity index (χ2n) is 6.75. The highest BCUT2D eigenvalue weighted by atomic mass is 16.6. The summed E-state index contributed by atoms with van der Waals surface area (Å²) in [5.74, 6) is -1.86. The molecule has 0 saturated carbocycles. The number of amides is 2. The summed E-state index contributed by atoms with van der Waals surface area (Å²) in [6.45, 7) is 1.07. The van der Waals surface area contributed by atoms with Crippen molar-refractivity contribution in [3.63, 3.8) is 0 Å². The summed E-state index contributed by atoms with van der Waals surface area (Å²) in [4.78, 5) is 47.4. The van der Waals surface area contributed by atoms with Crippen LogP contribution < -0.4 is 10.6 Å². The molecule has 0 unspecified atom stereocenters. The number of hydrogen-bond donors (Lipinski definition) is 2. The molecule has 162 valence electrons. The Hall–Kier alpha value is -4.53. The van der Waals surface area contributed by atoms with E-state index in [9.17, 15) is 24.5 Å². The van der Waals surface area contributed by atoms with Crippen LogP contribution in [0.4, 0.5) is 17.1 Å². The van der Waals surface area contributed by atoms with Gasteiger partial charge in [0.25, 0.3) is 17.5 Å². The molecule has 2 N–H and O–H groups in total. The van der Waals surface area contributed by atoms with Crippen molar-refractivity contribution < 1.29 is 24.0 Å². The maximum Gasteiger partial charge on any atom is 0.340 e. The Labute approximate surface area is 183 Å². The first kappa shape index (κ1) is 22.2. The van der Waals surface area contributed by atoms with E-state index in [0.717, 1.165) is 0 Å². The number of nitro benzene ring substituents is 1. The van der Waals surface area contributed by atoms with E-state index in [4.69, 9.17) is 4.74 Å². The molecule has 0 aliphatic carbocycles. The van der Waals surface area contributed by atoms with E-state index in [1.54, 1.807) is 55.5 Å². The lowest BCUT2D eigenvalue weighted by molar-refractivity contribution is -0.384. The van der Waals surface area contributed by atoms with Crippen LogP contribution in [0.3, 0.4) is 0 Å². The number of benzene rings is 3. The molecule has 0 aromatic heterocycles. The van der Waals surface area contributed by atoms with E-state index < -0.39 is 29.3 Å². The fraction of sp³-hybridized carbons (Fsp3) is 0.0870. The Morgan fingerprint density at radius 1 is 0.906 bits per heavy atom. The molecule has 9 heteroatoms. The van der Waals surface area contributed by atoms with Gasteiger partial charge in [-0.05, 0) is 36.8 Å². The molecule has 0 fully saturated rings. The van der Waals surface area contributed by atoms with Gasteiger partial charge < -0.3 is 15.4 Å². The number of para-hydroxylation sites is 1. The maximum absolute atomic E-state index is 12.5. The van der Waals surface area contributed by atoms with Crippen LogP contribution in [0.5, 0.6) is 0 Å².